The molecule has 0 saturated carbocycles. The maximum absolute atomic E-state index is 5.75. The van der Waals surface area contributed by atoms with Crippen molar-refractivity contribution in [3.05, 3.63) is 53.6 Å². The highest BCUT2D eigenvalue weighted by molar-refractivity contribution is 5.46. The molecule has 3 heteroatoms. The second kappa shape index (κ2) is 8.32. The number of hydrogen-bond acceptors (Lipinski definition) is 3. The van der Waals surface area contributed by atoms with E-state index in [0.717, 1.165) is 36.8 Å². The Morgan fingerprint density at radius 2 is 1.50 bits per heavy atom. The Morgan fingerprint density at radius 3 is 2.18 bits per heavy atom. The summed E-state index contributed by atoms with van der Waals surface area (Å²) in [5, 5.41) is 3.34. The second-order valence-electron chi connectivity index (χ2n) is 5.39. The SMILES string of the molecule is CCCOc1ccc(NCCOc2ccc(C)c(C)c2)cc1. The molecule has 118 valence electrons. The van der Waals surface area contributed by atoms with E-state index in [-0.39, 0.29) is 0 Å². The number of hydrogen-bond donors (Lipinski definition) is 1. The summed E-state index contributed by atoms with van der Waals surface area (Å²) in [4.78, 5) is 0. The van der Waals surface area contributed by atoms with E-state index >= 15 is 0 Å². The van der Waals surface area contributed by atoms with E-state index in [4.69, 9.17) is 9.47 Å². The monoisotopic (exact) mass is 299 g/mol. The van der Waals surface area contributed by atoms with Crippen molar-refractivity contribution in [1.29, 1.82) is 0 Å². The summed E-state index contributed by atoms with van der Waals surface area (Å²) in [7, 11) is 0. The quantitative estimate of drug-likeness (QED) is 0.724. The maximum atomic E-state index is 5.75. The first-order chi connectivity index (χ1) is 10.7. The van der Waals surface area contributed by atoms with Gasteiger partial charge in [-0.2, -0.15) is 0 Å². The molecule has 0 aliphatic heterocycles. The average molecular weight is 299 g/mol. The third kappa shape index (κ3) is 4.99. The van der Waals surface area contributed by atoms with Gasteiger partial charge in [-0.25, -0.2) is 0 Å². The smallest absolute Gasteiger partial charge is 0.119 e. The van der Waals surface area contributed by atoms with Crippen molar-refractivity contribution in [2.45, 2.75) is 27.2 Å². The Labute approximate surface area is 133 Å². The van der Waals surface area contributed by atoms with Crippen LogP contribution < -0.4 is 14.8 Å². The van der Waals surface area contributed by atoms with Crippen LogP contribution >= 0.6 is 0 Å². The molecule has 2 aromatic rings. The lowest BCUT2D eigenvalue weighted by Gasteiger charge is -2.10. The number of nitrogens with one attached hydrogen (secondary N) is 1. The first kappa shape index (κ1) is 16.2. The molecule has 0 spiro atoms. The van der Waals surface area contributed by atoms with E-state index in [1.807, 2.05) is 30.3 Å². The van der Waals surface area contributed by atoms with Crippen LogP contribution in [0.15, 0.2) is 42.5 Å². The van der Waals surface area contributed by atoms with Crippen LogP contribution in [0.5, 0.6) is 11.5 Å². The molecule has 0 aromatic heterocycles. The van der Waals surface area contributed by atoms with E-state index in [1.165, 1.54) is 11.1 Å². The summed E-state index contributed by atoms with van der Waals surface area (Å²) < 4.78 is 11.3. The molecule has 0 radical (unpaired) electrons. The molecule has 0 atom stereocenters. The summed E-state index contributed by atoms with van der Waals surface area (Å²) in [5.74, 6) is 1.84. The Bertz CT molecular complexity index is 578. The van der Waals surface area contributed by atoms with Gasteiger partial charge in [-0.3, -0.25) is 0 Å². The van der Waals surface area contributed by atoms with Gasteiger partial charge >= 0.3 is 0 Å². The van der Waals surface area contributed by atoms with Gasteiger partial charge in [0.2, 0.25) is 0 Å². The van der Waals surface area contributed by atoms with Crippen molar-refractivity contribution >= 4 is 5.69 Å². The predicted octanol–water partition coefficient (Wildman–Crippen LogP) is 4.58. The fourth-order valence-corrected chi connectivity index (χ4v) is 2.06. The highest BCUT2D eigenvalue weighted by atomic mass is 16.5. The molecule has 0 aliphatic rings. The Morgan fingerprint density at radius 1 is 0.818 bits per heavy atom. The lowest BCUT2D eigenvalue weighted by Crippen LogP contribution is -2.11. The zero-order chi connectivity index (χ0) is 15.8. The van der Waals surface area contributed by atoms with Gasteiger partial charge in [0.05, 0.1) is 6.61 Å². The molecule has 1 N–H and O–H groups in total. The number of benzene rings is 2. The number of rotatable bonds is 8. The third-order valence-electron chi connectivity index (χ3n) is 3.51. The highest BCUT2D eigenvalue weighted by Crippen LogP contribution is 2.17. The van der Waals surface area contributed by atoms with Crippen molar-refractivity contribution < 1.29 is 9.47 Å². The van der Waals surface area contributed by atoms with Crippen LogP contribution in [0.25, 0.3) is 0 Å². The van der Waals surface area contributed by atoms with Crippen LogP contribution in [0.1, 0.15) is 24.5 Å². The van der Waals surface area contributed by atoms with E-state index < -0.39 is 0 Å². The summed E-state index contributed by atoms with van der Waals surface area (Å²) in [6.07, 6.45) is 1.02. The maximum Gasteiger partial charge on any atom is 0.119 e. The fourth-order valence-electron chi connectivity index (χ4n) is 2.06. The Hall–Kier alpha value is -2.16. The molecular formula is C19H25NO2. The molecule has 0 unspecified atom stereocenters. The second-order valence-corrected chi connectivity index (χ2v) is 5.39. The number of ether oxygens (including phenoxy) is 2. The first-order valence-electron chi connectivity index (χ1n) is 7.86. The molecule has 2 aromatic carbocycles. The molecule has 0 saturated heterocycles. The van der Waals surface area contributed by atoms with Crippen molar-refractivity contribution in [1.82, 2.24) is 0 Å². The van der Waals surface area contributed by atoms with E-state index in [1.54, 1.807) is 0 Å². The Kier molecular flexibility index (Phi) is 6.13. The fraction of sp³-hybridized carbons (Fsp3) is 0.368. The Balaban J connectivity index is 1.73. The standard InChI is InChI=1S/C19H25NO2/c1-4-12-21-18-9-6-17(7-10-18)20-11-13-22-19-8-5-15(2)16(3)14-19/h5-10,14,20H,4,11-13H2,1-3H3. The van der Waals surface area contributed by atoms with Crippen LogP contribution in [0.2, 0.25) is 0 Å². The first-order valence-corrected chi connectivity index (χ1v) is 7.86. The summed E-state index contributed by atoms with van der Waals surface area (Å²) in [5.41, 5.74) is 3.62. The predicted molar refractivity (Wildman–Crippen MR) is 92.1 cm³/mol. The lowest BCUT2D eigenvalue weighted by atomic mass is 10.1. The van der Waals surface area contributed by atoms with Gasteiger partial charge in [-0.15, -0.1) is 0 Å². The summed E-state index contributed by atoms with van der Waals surface area (Å²) in [6, 6.07) is 14.2. The molecule has 0 aliphatic carbocycles. The molecule has 0 amide bonds. The van der Waals surface area contributed by atoms with Crippen LogP contribution in [-0.2, 0) is 0 Å². The van der Waals surface area contributed by atoms with Crippen molar-refractivity contribution in [2.75, 3.05) is 25.1 Å². The molecule has 2 rings (SSSR count). The van der Waals surface area contributed by atoms with E-state index in [2.05, 4.69) is 38.2 Å². The molecule has 0 heterocycles. The van der Waals surface area contributed by atoms with Crippen LogP contribution in [-0.4, -0.2) is 19.8 Å². The highest BCUT2D eigenvalue weighted by Gasteiger charge is 1.98. The number of anilines is 1. The van der Waals surface area contributed by atoms with Gasteiger partial charge in [0, 0.05) is 12.2 Å². The van der Waals surface area contributed by atoms with Crippen LogP contribution in [0, 0.1) is 13.8 Å². The van der Waals surface area contributed by atoms with E-state index in [0.29, 0.717) is 6.61 Å². The zero-order valence-corrected chi connectivity index (χ0v) is 13.7. The summed E-state index contributed by atoms with van der Waals surface area (Å²) in [6.45, 7) is 8.47. The summed E-state index contributed by atoms with van der Waals surface area (Å²) >= 11 is 0. The third-order valence-corrected chi connectivity index (χ3v) is 3.51. The van der Waals surface area contributed by atoms with Gasteiger partial charge in [0.15, 0.2) is 0 Å². The molecular weight excluding hydrogens is 274 g/mol. The van der Waals surface area contributed by atoms with E-state index in [9.17, 15) is 0 Å². The van der Waals surface area contributed by atoms with Gasteiger partial charge in [-0.1, -0.05) is 13.0 Å². The zero-order valence-electron chi connectivity index (χ0n) is 13.7. The molecule has 22 heavy (non-hydrogen) atoms. The largest absolute Gasteiger partial charge is 0.494 e. The minimum atomic E-state index is 0.636. The molecule has 0 bridgehead atoms. The lowest BCUT2D eigenvalue weighted by molar-refractivity contribution is 0.317. The van der Waals surface area contributed by atoms with Gasteiger partial charge in [0.25, 0.3) is 0 Å². The van der Waals surface area contributed by atoms with Crippen LogP contribution in [0.4, 0.5) is 5.69 Å². The molecule has 3 nitrogen and oxygen atoms in total. The van der Waals surface area contributed by atoms with Crippen molar-refractivity contribution in [2.24, 2.45) is 0 Å². The van der Waals surface area contributed by atoms with Gasteiger partial charge < -0.3 is 14.8 Å². The minimum absolute atomic E-state index is 0.636. The van der Waals surface area contributed by atoms with Crippen molar-refractivity contribution in [3.8, 4) is 11.5 Å². The van der Waals surface area contributed by atoms with Crippen LogP contribution in [0.3, 0.4) is 0 Å². The van der Waals surface area contributed by atoms with Crippen molar-refractivity contribution in [3.63, 3.8) is 0 Å². The van der Waals surface area contributed by atoms with Gasteiger partial charge in [0.1, 0.15) is 18.1 Å². The molecule has 0 fully saturated rings. The normalized spacial score (nSPS) is 10.3. The average Bonchev–Trinajstić information content (AvgIpc) is 2.54. The van der Waals surface area contributed by atoms with Gasteiger partial charge in [-0.05, 0) is 67.8 Å². The number of aryl methyl sites for hydroxylation is 2. The topological polar surface area (TPSA) is 30.5 Å². The minimum Gasteiger partial charge on any atom is -0.494 e.